The second-order valence-electron chi connectivity index (χ2n) is 4.89. The predicted molar refractivity (Wildman–Crippen MR) is 79.4 cm³/mol. The van der Waals surface area contributed by atoms with Gasteiger partial charge in [-0.1, -0.05) is 23.2 Å². The molecule has 0 saturated heterocycles. The maximum absolute atomic E-state index is 6.07. The summed E-state index contributed by atoms with van der Waals surface area (Å²) in [4.78, 5) is 0. The molecular weight excluding hydrogens is 297 g/mol. The highest BCUT2D eigenvalue weighted by molar-refractivity contribution is 6.35. The maximum atomic E-state index is 6.07. The number of rotatable bonds is 6. The third-order valence-corrected chi connectivity index (χ3v) is 3.78. The van der Waals surface area contributed by atoms with Crippen LogP contribution in [0.1, 0.15) is 24.2 Å². The molecule has 0 radical (unpaired) electrons. The molecule has 5 heteroatoms. The van der Waals surface area contributed by atoms with E-state index in [4.69, 9.17) is 32.4 Å². The van der Waals surface area contributed by atoms with Gasteiger partial charge in [-0.3, -0.25) is 0 Å². The number of nitrogens with one attached hydrogen (secondary N) is 1. The molecule has 0 atom stereocenters. The van der Waals surface area contributed by atoms with E-state index in [-0.39, 0.29) is 0 Å². The topological polar surface area (TPSA) is 34.4 Å². The van der Waals surface area contributed by atoms with Gasteiger partial charge in [0.25, 0.3) is 0 Å². The third-order valence-electron chi connectivity index (χ3n) is 3.25. The zero-order chi connectivity index (χ0) is 13.9. The summed E-state index contributed by atoms with van der Waals surface area (Å²) in [5.41, 5.74) is 1.13. The number of hydrogen-bond acceptors (Lipinski definition) is 3. The normalized spacial score (nSPS) is 14.5. The minimum absolute atomic E-state index is 0.357. The first-order valence-electron chi connectivity index (χ1n) is 6.59. The highest BCUT2D eigenvalue weighted by Gasteiger charge is 2.21. The molecule has 1 aromatic carbocycles. The molecule has 1 saturated carbocycles. The van der Waals surface area contributed by atoms with Gasteiger partial charge in [-0.15, -0.1) is 0 Å². The van der Waals surface area contributed by atoms with Crippen molar-refractivity contribution in [2.45, 2.75) is 32.0 Å². The van der Waals surface area contributed by atoms with E-state index in [1.54, 1.807) is 24.5 Å². The van der Waals surface area contributed by atoms with Crippen molar-refractivity contribution in [3.05, 3.63) is 51.9 Å². The third kappa shape index (κ3) is 3.48. The lowest BCUT2D eigenvalue weighted by Crippen LogP contribution is -2.16. The van der Waals surface area contributed by atoms with E-state index in [0.29, 0.717) is 28.4 Å². The molecule has 0 spiro atoms. The van der Waals surface area contributed by atoms with Crippen molar-refractivity contribution < 1.29 is 9.15 Å². The molecule has 0 aliphatic heterocycles. The van der Waals surface area contributed by atoms with Crippen LogP contribution in [-0.4, -0.2) is 6.04 Å². The Bertz CT molecular complexity index is 593. The molecule has 106 valence electrons. The van der Waals surface area contributed by atoms with Crippen LogP contribution in [-0.2, 0) is 13.2 Å². The smallest absolute Gasteiger partial charge is 0.146 e. The second kappa shape index (κ2) is 6.08. The first kappa shape index (κ1) is 13.8. The fraction of sp³-hybridized carbons (Fsp3) is 0.333. The van der Waals surface area contributed by atoms with Gasteiger partial charge in [-0.2, -0.15) is 0 Å². The van der Waals surface area contributed by atoms with E-state index in [9.17, 15) is 0 Å². The van der Waals surface area contributed by atoms with Crippen LogP contribution in [0.3, 0.4) is 0 Å². The molecule has 1 aliphatic rings. The first-order chi connectivity index (χ1) is 9.72. The average Bonchev–Trinajstić information content (AvgIpc) is 3.14. The van der Waals surface area contributed by atoms with Gasteiger partial charge >= 0.3 is 0 Å². The van der Waals surface area contributed by atoms with Gasteiger partial charge in [0.15, 0.2) is 0 Å². The van der Waals surface area contributed by atoms with Gasteiger partial charge < -0.3 is 14.5 Å². The Balaban J connectivity index is 1.61. The van der Waals surface area contributed by atoms with Crippen molar-refractivity contribution in [1.82, 2.24) is 5.32 Å². The summed E-state index contributed by atoms with van der Waals surface area (Å²) in [5, 5.41) is 4.55. The number of ether oxygens (including phenoxy) is 1. The zero-order valence-corrected chi connectivity index (χ0v) is 12.4. The quantitative estimate of drug-likeness (QED) is 0.857. The van der Waals surface area contributed by atoms with E-state index >= 15 is 0 Å². The Kier molecular flexibility index (Phi) is 4.20. The van der Waals surface area contributed by atoms with Crippen molar-refractivity contribution >= 4 is 23.2 Å². The Labute approximate surface area is 127 Å². The lowest BCUT2D eigenvalue weighted by molar-refractivity contribution is 0.268. The summed E-state index contributed by atoms with van der Waals surface area (Å²) in [6.07, 6.45) is 4.22. The van der Waals surface area contributed by atoms with Crippen LogP contribution in [0, 0.1) is 0 Å². The number of benzene rings is 1. The van der Waals surface area contributed by atoms with Crippen LogP contribution in [0.25, 0.3) is 0 Å². The largest absolute Gasteiger partial charge is 0.484 e. The summed E-state index contributed by atoms with van der Waals surface area (Å²) >= 11 is 11.9. The van der Waals surface area contributed by atoms with E-state index in [1.807, 2.05) is 6.07 Å². The lowest BCUT2D eigenvalue weighted by Gasteiger charge is -2.08. The van der Waals surface area contributed by atoms with Gasteiger partial charge in [0, 0.05) is 23.2 Å². The molecule has 1 heterocycles. The van der Waals surface area contributed by atoms with Crippen LogP contribution < -0.4 is 10.1 Å². The van der Waals surface area contributed by atoms with Crippen molar-refractivity contribution in [2.24, 2.45) is 0 Å². The Morgan fingerprint density at radius 3 is 2.85 bits per heavy atom. The fourth-order valence-corrected chi connectivity index (χ4v) is 2.39. The SMILES string of the molecule is Clc1ccc(OCc2occc2CNC2CC2)c(Cl)c1. The minimum Gasteiger partial charge on any atom is -0.484 e. The number of hydrogen-bond donors (Lipinski definition) is 1. The van der Waals surface area contributed by atoms with Crippen LogP contribution in [0.2, 0.25) is 10.0 Å². The summed E-state index contributed by atoms with van der Waals surface area (Å²) in [7, 11) is 0. The van der Waals surface area contributed by atoms with Crippen molar-refractivity contribution in [2.75, 3.05) is 0 Å². The van der Waals surface area contributed by atoms with E-state index in [1.165, 1.54) is 12.8 Å². The Morgan fingerprint density at radius 1 is 1.25 bits per heavy atom. The minimum atomic E-state index is 0.357. The Hall–Kier alpha value is -1.16. The van der Waals surface area contributed by atoms with Gasteiger partial charge in [-0.25, -0.2) is 0 Å². The van der Waals surface area contributed by atoms with Crippen molar-refractivity contribution in [3.63, 3.8) is 0 Å². The van der Waals surface area contributed by atoms with Gasteiger partial charge in [0.05, 0.1) is 11.3 Å². The van der Waals surface area contributed by atoms with Gasteiger partial charge in [0.1, 0.15) is 18.1 Å². The number of furan rings is 1. The van der Waals surface area contributed by atoms with Crippen LogP contribution in [0.15, 0.2) is 34.9 Å². The summed E-state index contributed by atoms with van der Waals surface area (Å²) in [5.74, 6) is 1.43. The maximum Gasteiger partial charge on any atom is 0.146 e. The summed E-state index contributed by atoms with van der Waals surface area (Å²) in [6, 6.07) is 7.81. The molecule has 2 aromatic rings. The zero-order valence-electron chi connectivity index (χ0n) is 10.9. The monoisotopic (exact) mass is 311 g/mol. The molecule has 0 amide bonds. The Morgan fingerprint density at radius 2 is 2.10 bits per heavy atom. The molecule has 0 unspecified atom stereocenters. The molecule has 1 aromatic heterocycles. The molecule has 1 aliphatic carbocycles. The van der Waals surface area contributed by atoms with Gasteiger partial charge in [-0.05, 0) is 37.1 Å². The molecule has 0 bridgehead atoms. The molecule has 20 heavy (non-hydrogen) atoms. The van der Waals surface area contributed by atoms with Crippen LogP contribution in [0.5, 0.6) is 5.75 Å². The fourth-order valence-electron chi connectivity index (χ4n) is 1.93. The van der Waals surface area contributed by atoms with E-state index < -0.39 is 0 Å². The highest BCUT2D eigenvalue weighted by Crippen LogP contribution is 2.28. The number of halogens is 2. The standard InChI is InChI=1S/C15H15Cl2NO2/c16-11-1-4-14(13(17)7-11)20-9-15-10(5-6-19-15)8-18-12-2-3-12/h1,4-7,12,18H,2-3,8-9H2. The van der Waals surface area contributed by atoms with Crippen LogP contribution >= 0.6 is 23.2 Å². The van der Waals surface area contributed by atoms with Crippen molar-refractivity contribution in [3.8, 4) is 5.75 Å². The lowest BCUT2D eigenvalue weighted by atomic mass is 10.2. The molecule has 3 nitrogen and oxygen atoms in total. The highest BCUT2D eigenvalue weighted by atomic mass is 35.5. The van der Waals surface area contributed by atoms with E-state index in [0.717, 1.165) is 17.9 Å². The molecule has 1 N–H and O–H groups in total. The molecule has 3 rings (SSSR count). The average molecular weight is 312 g/mol. The summed E-state index contributed by atoms with van der Waals surface area (Å²) in [6.45, 7) is 1.17. The second-order valence-corrected chi connectivity index (χ2v) is 5.73. The molecule has 1 fully saturated rings. The van der Waals surface area contributed by atoms with Crippen molar-refractivity contribution in [1.29, 1.82) is 0 Å². The predicted octanol–water partition coefficient (Wildman–Crippen LogP) is 4.42. The van der Waals surface area contributed by atoms with E-state index in [2.05, 4.69) is 5.32 Å². The first-order valence-corrected chi connectivity index (χ1v) is 7.34. The molecular formula is C15H15Cl2NO2. The summed E-state index contributed by atoms with van der Waals surface area (Å²) < 4.78 is 11.2. The van der Waals surface area contributed by atoms with Crippen LogP contribution in [0.4, 0.5) is 0 Å². The van der Waals surface area contributed by atoms with Gasteiger partial charge in [0.2, 0.25) is 0 Å².